The molecule has 0 unspecified atom stereocenters. The number of hydrogen-bond acceptors (Lipinski definition) is 5. The molecular formula is C12H8ClN3O2S2. The van der Waals surface area contributed by atoms with Gasteiger partial charge in [0, 0.05) is 5.02 Å². The van der Waals surface area contributed by atoms with Gasteiger partial charge in [-0.2, -0.15) is 0 Å². The van der Waals surface area contributed by atoms with Crippen molar-refractivity contribution in [3.63, 3.8) is 0 Å². The number of halogens is 1. The molecule has 0 aliphatic heterocycles. The first-order valence-corrected chi connectivity index (χ1v) is 7.98. The normalized spacial score (nSPS) is 11.1. The molecule has 0 bridgehead atoms. The summed E-state index contributed by atoms with van der Waals surface area (Å²) in [4.78, 5) is 31.3. The fourth-order valence-electron chi connectivity index (χ4n) is 1.79. The fourth-order valence-corrected chi connectivity index (χ4v) is 3.37. The van der Waals surface area contributed by atoms with Crippen LogP contribution in [0.5, 0.6) is 0 Å². The Hall–Kier alpha value is -1.57. The summed E-state index contributed by atoms with van der Waals surface area (Å²) in [6, 6.07) is 6.52. The molecule has 0 aliphatic carbocycles. The molecule has 2 aromatic heterocycles. The van der Waals surface area contributed by atoms with Crippen LogP contribution in [-0.4, -0.2) is 20.8 Å². The molecule has 3 rings (SSSR count). The second-order valence-corrected chi connectivity index (χ2v) is 6.40. The lowest BCUT2D eigenvalue weighted by Crippen LogP contribution is -2.33. The number of nitrogens with one attached hydrogen (secondary N) is 1. The number of aromatic amines is 1. The minimum Gasteiger partial charge on any atom is -0.290 e. The van der Waals surface area contributed by atoms with Gasteiger partial charge in [0.15, 0.2) is 9.99 Å². The van der Waals surface area contributed by atoms with E-state index in [-0.39, 0.29) is 5.56 Å². The molecule has 2 heterocycles. The molecule has 8 heteroatoms. The number of H-pyrrole nitrogens is 1. The molecule has 102 valence electrons. The van der Waals surface area contributed by atoms with Crippen LogP contribution in [-0.2, 0) is 0 Å². The Balaban J connectivity index is 2.33. The van der Waals surface area contributed by atoms with E-state index in [1.165, 1.54) is 23.1 Å². The maximum Gasteiger partial charge on any atom is 0.334 e. The molecule has 0 fully saturated rings. The first-order chi connectivity index (χ1) is 9.60. The van der Waals surface area contributed by atoms with Crippen LogP contribution in [0.3, 0.4) is 0 Å². The molecule has 0 saturated heterocycles. The van der Waals surface area contributed by atoms with Crippen LogP contribution >= 0.6 is 34.7 Å². The van der Waals surface area contributed by atoms with Crippen molar-refractivity contribution in [3.8, 4) is 5.69 Å². The third-order valence-electron chi connectivity index (χ3n) is 2.69. The second-order valence-electron chi connectivity index (χ2n) is 3.91. The van der Waals surface area contributed by atoms with Crippen LogP contribution in [0.25, 0.3) is 16.0 Å². The van der Waals surface area contributed by atoms with E-state index in [1.54, 1.807) is 24.3 Å². The van der Waals surface area contributed by atoms with E-state index in [9.17, 15) is 9.59 Å². The van der Waals surface area contributed by atoms with Crippen LogP contribution in [0.4, 0.5) is 0 Å². The van der Waals surface area contributed by atoms with Gasteiger partial charge in [-0.25, -0.2) is 14.3 Å². The maximum absolute atomic E-state index is 12.4. The number of nitrogens with zero attached hydrogens (tertiary/aromatic N) is 2. The van der Waals surface area contributed by atoms with Gasteiger partial charge in [0.05, 0.1) is 5.69 Å². The van der Waals surface area contributed by atoms with E-state index in [4.69, 9.17) is 11.6 Å². The summed E-state index contributed by atoms with van der Waals surface area (Å²) in [7, 11) is 0. The Morgan fingerprint density at radius 2 is 2.00 bits per heavy atom. The van der Waals surface area contributed by atoms with Crippen molar-refractivity contribution in [2.24, 2.45) is 0 Å². The number of fused-ring (bicyclic) bond motifs is 1. The number of hydrogen-bond donors (Lipinski definition) is 1. The second kappa shape index (κ2) is 5.08. The molecule has 0 spiro atoms. The van der Waals surface area contributed by atoms with E-state index in [0.717, 1.165) is 8.91 Å². The molecule has 0 radical (unpaired) electrons. The topological polar surface area (TPSA) is 67.8 Å². The van der Waals surface area contributed by atoms with Crippen LogP contribution < -0.4 is 11.2 Å². The molecule has 1 aromatic carbocycles. The van der Waals surface area contributed by atoms with Crippen molar-refractivity contribution in [3.05, 3.63) is 50.1 Å². The zero-order valence-corrected chi connectivity index (χ0v) is 12.6. The third kappa shape index (κ3) is 2.17. The van der Waals surface area contributed by atoms with Gasteiger partial charge in [-0.15, -0.1) is 11.3 Å². The van der Waals surface area contributed by atoms with Gasteiger partial charge < -0.3 is 0 Å². The number of aromatic nitrogens is 3. The molecule has 3 aromatic rings. The molecule has 0 aliphatic rings. The zero-order chi connectivity index (χ0) is 14.3. The highest BCUT2D eigenvalue weighted by atomic mass is 35.5. The van der Waals surface area contributed by atoms with E-state index in [0.29, 0.717) is 21.1 Å². The lowest BCUT2D eigenvalue weighted by molar-refractivity contribution is 0.898. The smallest absolute Gasteiger partial charge is 0.290 e. The minimum absolute atomic E-state index is 0.333. The van der Waals surface area contributed by atoms with Crippen molar-refractivity contribution >= 4 is 45.0 Å². The molecule has 20 heavy (non-hydrogen) atoms. The predicted molar refractivity (Wildman–Crippen MR) is 82.6 cm³/mol. The van der Waals surface area contributed by atoms with E-state index in [2.05, 4.69) is 9.97 Å². The first kappa shape index (κ1) is 13.4. The summed E-state index contributed by atoms with van der Waals surface area (Å²) < 4.78 is 2.26. The number of rotatable bonds is 2. The highest BCUT2D eigenvalue weighted by Gasteiger charge is 2.13. The summed E-state index contributed by atoms with van der Waals surface area (Å²) in [5.74, 6) is 0. The molecule has 1 N–H and O–H groups in total. The van der Waals surface area contributed by atoms with Gasteiger partial charge in [0.25, 0.3) is 5.56 Å². The van der Waals surface area contributed by atoms with E-state index in [1.807, 2.05) is 6.26 Å². The Labute approximate surface area is 126 Å². The number of thioether (sulfide) groups is 1. The average Bonchev–Trinajstić information content (AvgIpc) is 2.84. The van der Waals surface area contributed by atoms with Crippen molar-refractivity contribution in [1.82, 2.24) is 14.5 Å². The standard InChI is InChI=1S/C12H8ClN3O2S2/c1-19-12-15-9-8(20-12)10(17)16(11(18)14-9)7-4-2-6(13)3-5-7/h2-5H,1H3,(H,14,18). The van der Waals surface area contributed by atoms with Crippen molar-refractivity contribution in [2.75, 3.05) is 6.26 Å². The monoisotopic (exact) mass is 325 g/mol. The zero-order valence-electron chi connectivity index (χ0n) is 10.2. The Kier molecular flexibility index (Phi) is 3.41. The largest absolute Gasteiger partial charge is 0.334 e. The summed E-state index contributed by atoms with van der Waals surface area (Å²) >= 11 is 8.51. The quantitative estimate of drug-likeness (QED) is 0.735. The van der Waals surface area contributed by atoms with Crippen LogP contribution in [0.15, 0.2) is 38.2 Å². The van der Waals surface area contributed by atoms with Gasteiger partial charge in [-0.3, -0.25) is 9.78 Å². The third-order valence-corrected chi connectivity index (χ3v) is 4.97. The Morgan fingerprint density at radius 3 is 2.65 bits per heavy atom. The number of thiazole rings is 1. The summed E-state index contributed by atoms with van der Waals surface area (Å²) in [6.07, 6.45) is 1.87. The Morgan fingerprint density at radius 1 is 1.30 bits per heavy atom. The summed E-state index contributed by atoms with van der Waals surface area (Å²) in [5, 5.41) is 0.543. The van der Waals surface area contributed by atoms with E-state index < -0.39 is 5.69 Å². The van der Waals surface area contributed by atoms with Gasteiger partial charge in [-0.05, 0) is 30.5 Å². The van der Waals surface area contributed by atoms with Crippen molar-refractivity contribution < 1.29 is 0 Å². The molecule has 0 atom stereocenters. The van der Waals surface area contributed by atoms with E-state index >= 15 is 0 Å². The number of benzene rings is 1. The summed E-state index contributed by atoms with van der Waals surface area (Å²) in [6.45, 7) is 0. The minimum atomic E-state index is -0.511. The Bertz CT molecular complexity index is 896. The van der Waals surface area contributed by atoms with Crippen molar-refractivity contribution in [2.45, 2.75) is 4.34 Å². The van der Waals surface area contributed by atoms with Crippen LogP contribution in [0.1, 0.15) is 0 Å². The van der Waals surface area contributed by atoms with Gasteiger partial charge in [0.1, 0.15) is 4.70 Å². The highest BCUT2D eigenvalue weighted by molar-refractivity contribution is 8.00. The highest BCUT2D eigenvalue weighted by Crippen LogP contribution is 2.24. The predicted octanol–water partition coefficient (Wildman–Crippen LogP) is 2.51. The fraction of sp³-hybridized carbons (Fsp3) is 0.0833. The molecule has 0 amide bonds. The van der Waals surface area contributed by atoms with Gasteiger partial charge in [-0.1, -0.05) is 23.4 Å². The van der Waals surface area contributed by atoms with Gasteiger partial charge in [0.2, 0.25) is 0 Å². The lowest BCUT2D eigenvalue weighted by atomic mass is 10.3. The first-order valence-electron chi connectivity index (χ1n) is 5.56. The SMILES string of the molecule is CSc1nc2[nH]c(=O)n(-c3ccc(Cl)cc3)c(=O)c2s1. The molecule has 5 nitrogen and oxygen atoms in total. The molecular weight excluding hydrogens is 318 g/mol. The summed E-state index contributed by atoms with van der Waals surface area (Å²) in [5.41, 5.74) is -0.0761. The van der Waals surface area contributed by atoms with Crippen molar-refractivity contribution in [1.29, 1.82) is 0 Å². The maximum atomic E-state index is 12.4. The lowest BCUT2D eigenvalue weighted by Gasteiger charge is -2.03. The van der Waals surface area contributed by atoms with Gasteiger partial charge >= 0.3 is 5.69 Å². The molecule has 0 saturated carbocycles. The average molecular weight is 326 g/mol. The van der Waals surface area contributed by atoms with Crippen LogP contribution in [0.2, 0.25) is 5.02 Å². The van der Waals surface area contributed by atoms with Crippen LogP contribution in [0, 0.1) is 0 Å².